The summed E-state index contributed by atoms with van der Waals surface area (Å²) >= 11 is 0. The van der Waals surface area contributed by atoms with E-state index in [2.05, 4.69) is 4.74 Å². The van der Waals surface area contributed by atoms with Gasteiger partial charge >= 0.3 is 12.1 Å². The average molecular weight is 246 g/mol. The Hall–Kier alpha value is -1.52. The monoisotopic (exact) mass is 246 g/mol. The molecule has 94 valence electrons. The van der Waals surface area contributed by atoms with Gasteiger partial charge in [-0.1, -0.05) is 13.8 Å². The molecule has 2 nitrogen and oxygen atoms in total. The summed E-state index contributed by atoms with van der Waals surface area (Å²) in [5.74, 6) is -0.862. The minimum atomic E-state index is -4.46. The first-order chi connectivity index (χ1) is 7.75. The predicted octanol–water partition coefficient (Wildman–Crippen LogP) is 3.62. The molecule has 0 saturated carbocycles. The summed E-state index contributed by atoms with van der Waals surface area (Å²) in [5, 5.41) is 0. The van der Waals surface area contributed by atoms with E-state index < -0.39 is 17.7 Å². The number of halogens is 3. The Morgan fingerprint density at radius 2 is 1.82 bits per heavy atom. The summed E-state index contributed by atoms with van der Waals surface area (Å²) < 4.78 is 42.3. The molecule has 0 atom stereocenters. The zero-order valence-corrected chi connectivity index (χ0v) is 9.76. The van der Waals surface area contributed by atoms with E-state index in [4.69, 9.17) is 0 Å². The minimum Gasteiger partial charge on any atom is -0.465 e. The number of esters is 1. The third-order valence-corrected chi connectivity index (χ3v) is 2.37. The second kappa shape index (κ2) is 4.77. The standard InChI is InChI=1S/C12H13F3O2/c1-7(2)8-4-9(11(16)17-3)6-10(5-8)12(13,14)15/h4-7H,1-3H3. The van der Waals surface area contributed by atoms with Crippen LogP contribution in [0, 0.1) is 0 Å². The van der Waals surface area contributed by atoms with Crippen molar-refractivity contribution in [2.24, 2.45) is 0 Å². The van der Waals surface area contributed by atoms with E-state index in [1.807, 2.05) is 0 Å². The lowest BCUT2D eigenvalue weighted by atomic mass is 9.97. The van der Waals surface area contributed by atoms with Gasteiger partial charge in [-0.25, -0.2) is 4.79 Å². The Balaban J connectivity index is 3.34. The minimum absolute atomic E-state index is 0.0778. The molecule has 0 aliphatic rings. The third kappa shape index (κ3) is 3.22. The third-order valence-electron chi connectivity index (χ3n) is 2.37. The second-order valence-electron chi connectivity index (χ2n) is 3.99. The second-order valence-corrected chi connectivity index (χ2v) is 3.99. The van der Waals surface area contributed by atoms with Crippen LogP contribution in [0.4, 0.5) is 13.2 Å². The van der Waals surface area contributed by atoms with Crippen LogP contribution in [0.5, 0.6) is 0 Å². The Bertz CT molecular complexity index is 422. The Kier molecular flexibility index (Phi) is 3.80. The summed E-state index contributed by atoms with van der Waals surface area (Å²) in [5.41, 5.74) is -0.449. The molecule has 0 heterocycles. The van der Waals surface area contributed by atoms with Gasteiger partial charge in [0.05, 0.1) is 18.2 Å². The molecular weight excluding hydrogens is 233 g/mol. The maximum atomic E-state index is 12.6. The number of methoxy groups -OCH3 is 1. The van der Waals surface area contributed by atoms with Crippen LogP contribution in [0.15, 0.2) is 18.2 Å². The van der Waals surface area contributed by atoms with Crippen molar-refractivity contribution < 1.29 is 22.7 Å². The first kappa shape index (κ1) is 13.5. The van der Waals surface area contributed by atoms with Crippen molar-refractivity contribution in [3.8, 4) is 0 Å². The van der Waals surface area contributed by atoms with Gasteiger partial charge in [-0.2, -0.15) is 13.2 Å². The van der Waals surface area contributed by atoms with Crippen molar-refractivity contribution in [1.29, 1.82) is 0 Å². The molecule has 0 fully saturated rings. The van der Waals surface area contributed by atoms with Gasteiger partial charge in [0.2, 0.25) is 0 Å². The summed E-state index contributed by atoms with van der Waals surface area (Å²) in [4.78, 5) is 11.3. The van der Waals surface area contributed by atoms with Crippen molar-refractivity contribution >= 4 is 5.97 Å². The number of rotatable bonds is 2. The molecule has 17 heavy (non-hydrogen) atoms. The molecule has 1 aromatic rings. The first-order valence-corrected chi connectivity index (χ1v) is 5.06. The van der Waals surface area contributed by atoms with Gasteiger partial charge < -0.3 is 4.74 Å². The molecule has 0 unspecified atom stereocenters. The fourth-order valence-corrected chi connectivity index (χ4v) is 1.38. The lowest BCUT2D eigenvalue weighted by Crippen LogP contribution is -2.10. The number of carbonyl (C=O) groups excluding carboxylic acids is 1. The van der Waals surface area contributed by atoms with E-state index >= 15 is 0 Å². The highest BCUT2D eigenvalue weighted by molar-refractivity contribution is 5.89. The van der Waals surface area contributed by atoms with E-state index in [1.54, 1.807) is 13.8 Å². The molecule has 0 saturated heterocycles. The van der Waals surface area contributed by atoms with E-state index in [0.717, 1.165) is 19.2 Å². The first-order valence-electron chi connectivity index (χ1n) is 5.06. The van der Waals surface area contributed by atoms with Crippen molar-refractivity contribution in [3.05, 3.63) is 34.9 Å². The van der Waals surface area contributed by atoms with Crippen molar-refractivity contribution in [3.63, 3.8) is 0 Å². The van der Waals surface area contributed by atoms with E-state index in [0.29, 0.717) is 5.56 Å². The largest absolute Gasteiger partial charge is 0.465 e. The van der Waals surface area contributed by atoms with Crippen LogP contribution in [-0.2, 0) is 10.9 Å². The van der Waals surface area contributed by atoms with Gasteiger partial charge in [0, 0.05) is 0 Å². The fourth-order valence-electron chi connectivity index (χ4n) is 1.38. The lowest BCUT2D eigenvalue weighted by Gasteiger charge is -2.13. The summed E-state index contributed by atoms with van der Waals surface area (Å²) in [6, 6.07) is 3.28. The maximum absolute atomic E-state index is 12.6. The van der Waals surface area contributed by atoms with Crippen LogP contribution in [0.2, 0.25) is 0 Å². The Morgan fingerprint density at radius 1 is 1.24 bits per heavy atom. The highest BCUT2D eigenvalue weighted by Gasteiger charge is 2.32. The molecule has 0 aliphatic carbocycles. The molecule has 0 bridgehead atoms. The van der Waals surface area contributed by atoms with Crippen LogP contribution >= 0.6 is 0 Å². The smallest absolute Gasteiger partial charge is 0.416 e. The molecule has 1 aromatic carbocycles. The highest BCUT2D eigenvalue weighted by atomic mass is 19.4. The van der Waals surface area contributed by atoms with E-state index in [-0.39, 0.29) is 11.5 Å². The van der Waals surface area contributed by atoms with E-state index in [9.17, 15) is 18.0 Å². The van der Waals surface area contributed by atoms with Crippen LogP contribution in [0.1, 0.15) is 41.3 Å². The van der Waals surface area contributed by atoms with Crippen LogP contribution in [0.3, 0.4) is 0 Å². The molecule has 0 aromatic heterocycles. The van der Waals surface area contributed by atoms with Crippen LogP contribution in [0.25, 0.3) is 0 Å². The van der Waals surface area contributed by atoms with Crippen LogP contribution < -0.4 is 0 Å². The molecule has 0 amide bonds. The van der Waals surface area contributed by atoms with Crippen molar-refractivity contribution in [2.75, 3.05) is 7.11 Å². The number of hydrogen-bond donors (Lipinski definition) is 0. The number of carbonyl (C=O) groups is 1. The molecule has 0 spiro atoms. The van der Waals surface area contributed by atoms with Gasteiger partial charge in [0.15, 0.2) is 0 Å². The topological polar surface area (TPSA) is 26.3 Å². The Morgan fingerprint density at radius 3 is 2.24 bits per heavy atom. The van der Waals surface area contributed by atoms with Gasteiger partial charge in [0.1, 0.15) is 0 Å². The highest BCUT2D eigenvalue weighted by Crippen LogP contribution is 2.32. The zero-order chi connectivity index (χ0) is 13.2. The molecule has 5 heteroatoms. The van der Waals surface area contributed by atoms with Gasteiger partial charge in [-0.05, 0) is 29.7 Å². The van der Waals surface area contributed by atoms with Crippen molar-refractivity contribution in [2.45, 2.75) is 25.9 Å². The van der Waals surface area contributed by atoms with Gasteiger partial charge in [0.25, 0.3) is 0 Å². The maximum Gasteiger partial charge on any atom is 0.416 e. The number of hydrogen-bond acceptors (Lipinski definition) is 2. The number of benzene rings is 1. The number of alkyl halides is 3. The lowest BCUT2D eigenvalue weighted by molar-refractivity contribution is -0.137. The molecular formula is C12H13F3O2. The summed E-state index contributed by atoms with van der Waals surface area (Å²) in [6.07, 6.45) is -4.46. The molecule has 0 radical (unpaired) electrons. The molecule has 0 N–H and O–H groups in total. The van der Waals surface area contributed by atoms with Crippen molar-refractivity contribution in [1.82, 2.24) is 0 Å². The van der Waals surface area contributed by atoms with E-state index in [1.165, 1.54) is 6.07 Å². The van der Waals surface area contributed by atoms with Gasteiger partial charge in [-0.15, -0.1) is 0 Å². The zero-order valence-electron chi connectivity index (χ0n) is 9.76. The summed E-state index contributed by atoms with van der Waals surface area (Å²) in [6.45, 7) is 3.52. The predicted molar refractivity (Wildman–Crippen MR) is 56.9 cm³/mol. The molecule has 0 aliphatic heterocycles. The summed E-state index contributed by atoms with van der Waals surface area (Å²) in [7, 11) is 1.14. The fraction of sp³-hybridized carbons (Fsp3) is 0.417. The number of ether oxygens (including phenoxy) is 1. The Labute approximate surface area is 97.4 Å². The van der Waals surface area contributed by atoms with Gasteiger partial charge in [-0.3, -0.25) is 0 Å². The average Bonchev–Trinajstić information content (AvgIpc) is 2.26. The quantitative estimate of drug-likeness (QED) is 0.745. The SMILES string of the molecule is COC(=O)c1cc(C(C)C)cc(C(F)(F)F)c1. The normalized spacial score (nSPS) is 11.7. The van der Waals surface area contributed by atoms with Crippen LogP contribution in [-0.4, -0.2) is 13.1 Å². The molecule has 1 rings (SSSR count).